The average molecular weight is 367 g/mol. The number of alkyl halides is 1. The molecule has 1 unspecified atom stereocenters. The van der Waals surface area contributed by atoms with Gasteiger partial charge in [-0.15, -0.1) is 11.6 Å². The second-order valence-corrected chi connectivity index (χ2v) is 9.17. The highest BCUT2D eigenvalue weighted by Crippen LogP contribution is 2.62. The van der Waals surface area contributed by atoms with Gasteiger partial charge in [0, 0.05) is 5.92 Å². The number of aliphatic hydroxyl groups excluding tert-OH is 1. The number of fused-ring (bicyclic) bond motifs is 1. The number of carbonyl (C=O) groups is 2. The number of allylic oxidation sites excluding steroid dienone is 3. The Labute approximate surface area is 156 Å². The van der Waals surface area contributed by atoms with E-state index in [1.165, 1.54) is 0 Å². The molecule has 140 valence electrons. The van der Waals surface area contributed by atoms with E-state index in [-0.39, 0.29) is 16.7 Å². The average Bonchev–Trinajstić information content (AvgIpc) is 2.56. The molecule has 1 saturated carbocycles. The first-order chi connectivity index (χ1) is 11.6. The fourth-order valence-corrected chi connectivity index (χ4v) is 5.52. The first-order valence-electron chi connectivity index (χ1n) is 9.19. The Balaban J connectivity index is 2.42. The van der Waals surface area contributed by atoms with E-state index in [1.54, 1.807) is 0 Å². The normalized spacial score (nSPS) is 42.1. The van der Waals surface area contributed by atoms with Gasteiger partial charge in [-0.25, -0.2) is 0 Å². The molecule has 0 amide bonds. The topological polar surface area (TPSA) is 54.4 Å². The van der Waals surface area contributed by atoms with Gasteiger partial charge in [0.25, 0.3) is 0 Å². The van der Waals surface area contributed by atoms with Crippen LogP contribution in [0.25, 0.3) is 0 Å². The first-order valence-corrected chi connectivity index (χ1v) is 9.63. The van der Waals surface area contributed by atoms with Crippen molar-refractivity contribution >= 4 is 24.2 Å². The van der Waals surface area contributed by atoms with Crippen molar-refractivity contribution in [3.8, 4) is 0 Å². The third-order valence-electron chi connectivity index (χ3n) is 7.10. The van der Waals surface area contributed by atoms with Crippen LogP contribution in [0.1, 0.15) is 53.4 Å². The minimum atomic E-state index is -0.679. The van der Waals surface area contributed by atoms with E-state index in [0.717, 1.165) is 37.4 Å². The third kappa shape index (κ3) is 3.38. The number of hydrogen-bond acceptors (Lipinski definition) is 3. The standard InChI is InChI=1S/C21H31ClO3/c1-13(2)14(3)8-9-20(4)18-7-6-15(11-23)16(12-24)21(18,5)10-17(25)19(20)22/h6,11-12,14,16-19,25H,1,7-10H2,2-5H3/t14?,16-,17-,18-,19+,20-,21+/m1/s1. The van der Waals surface area contributed by atoms with E-state index in [0.29, 0.717) is 17.9 Å². The monoisotopic (exact) mass is 366 g/mol. The van der Waals surface area contributed by atoms with Gasteiger partial charge in [0.2, 0.25) is 0 Å². The van der Waals surface area contributed by atoms with Gasteiger partial charge in [0.05, 0.1) is 11.5 Å². The summed E-state index contributed by atoms with van der Waals surface area (Å²) in [6.07, 6.45) is 5.88. The minimum Gasteiger partial charge on any atom is -0.392 e. The molecule has 0 heterocycles. The molecule has 1 fully saturated rings. The summed E-state index contributed by atoms with van der Waals surface area (Å²) in [4.78, 5) is 23.2. The Morgan fingerprint density at radius 2 is 2.12 bits per heavy atom. The molecule has 0 aromatic heterocycles. The van der Waals surface area contributed by atoms with E-state index in [9.17, 15) is 14.7 Å². The van der Waals surface area contributed by atoms with Crippen molar-refractivity contribution in [2.75, 3.05) is 0 Å². The van der Waals surface area contributed by atoms with Crippen molar-refractivity contribution in [1.29, 1.82) is 0 Å². The van der Waals surface area contributed by atoms with E-state index in [2.05, 4.69) is 20.4 Å². The molecule has 0 aromatic carbocycles. The van der Waals surface area contributed by atoms with Crippen LogP contribution in [0.15, 0.2) is 23.8 Å². The predicted molar refractivity (Wildman–Crippen MR) is 101 cm³/mol. The zero-order valence-electron chi connectivity index (χ0n) is 15.8. The summed E-state index contributed by atoms with van der Waals surface area (Å²) in [6.45, 7) is 12.4. The summed E-state index contributed by atoms with van der Waals surface area (Å²) in [5.74, 6) is 0.0696. The summed E-state index contributed by atoms with van der Waals surface area (Å²) in [7, 11) is 0. The molecular weight excluding hydrogens is 336 g/mol. The van der Waals surface area contributed by atoms with Gasteiger partial charge < -0.3 is 9.90 Å². The zero-order chi connectivity index (χ0) is 19.0. The van der Waals surface area contributed by atoms with E-state index < -0.39 is 17.4 Å². The highest BCUT2D eigenvalue weighted by Gasteiger charge is 2.59. The molecule has 2 aliphatic carbocycles. The van der Waals surface area contributed by atoms with Crippen molar-refractivity contribution in [2.24, 2.45) is 28.6 Å². The number of hydrogen-bond donors (Lipinski definition) is 1. The maximum absolute atomic E-state index is 11.8. The maximum Gasteiger partial charge on any atom is 0.146 e. The van der Waals surface area contributed by atoms with E-state index in [4.69, 9.17) is 11.6 Å². The maximum atomic E-state index is 11.8. The van der Waals surface area contributed by atoms with Crippen LogP contribution in [0.2, 0.25) is 0 Å². The Kier molecular flexibility index (Phi) is 6.00. The number of carbonyl (C=O) groups excluding carboxylic acids is 2. The molecule has 2 aliphatic rings. The molecular formula is C21H31ClO3. The summed E-state index contributed by atoms with van der Waals surface area (Å²) in [6, 6.07) is 0. The largest absolute Gasteiger partial charge is 0.392 e. The number of halogens is 1. The summed E-state index contributed by atoms with van der Waals surface area (Å²) >= 11 is 6.73. The summed E-state index contributed by atoms with van der Waals surface area (Å²) in [5.41, 5.74) is 0.945. The van der Waals surface area contributed by atoms with Gasteiger partial charge >= 0.3 is 0 Å². The highest BCUT2D eigenvalue weighted by molar-refractivity contribution is 6.21. The van der Waals surface area contributed by atoms with Gasteiger partial charge in [-0.3, -0.25) is 4.79 Å². The number of aldehydes is 2. The van der Waals surface area contributed by atoms with Gasteiger partial charge in [-0.2, -0.15) is 0 Å². The van der Waals surface area contributed by atoms with Crippen LogP contribution in [-0.4, -0.2) is 29.2 Å². The Bertz CT molecular complexity index is 584. The highest BCUT2D eigenvalue weighted by atomic mass is 35.5. The van der Waals surface area contributed by atoms with Crippen LogP contribution in [-0.2, 0) is 9.59 Å². The second-order valence-electron chi connectivity index (χ2n) is 8.69. The Morgan fingerprint density at radius 1 is 1.48 bits per heavy atom. The van der Waals surface area contributed by atoms with Crippen LogP contribution < -0.4 is 0 Å². The molecule has 4 heteroatoms. The lowest BCUT2D eigenvalue weighted by Crippen LogP contribution is -2.59. The summed E-state index contributed by atoms with van der Waals surface area (Å²) in [5, 5.41) is 10.3. The van der Waals surface area contributed by atoms with Crippen molar-refractivity contribution in [1.82, 2.24) is 0 Å². The lowest BCUT2D eigenvalue weighted by molar-refractivity contribution is -0.131. The van der Waals surface area contributed by atoms with E-state index >= 15 is 0 Å². The number of rotatable bonds is 6. The zero-order valence-corrected chi connectivity index (χ0v) is 16.6. The molecule has 0 bridgehead atoms. The Hall–Kier alpha value is -0.930. The smallest absolute Gasteiger partial charge is 0.146 e. The predicted octanol–water partition coefficient (Wildman–Crippen LogP) is 4.32. The van der Waals surface area contributed by atoms with Crippen LogP contribution >= 0.6 is 11.6 Å². The quantitative estimate of drug-likeness (QED) is 0.432. The Morgan fingerprint density at radius 3 is 2.64 bits per heavy atom. The lowest BCUT2D eigenvalue weighted by atomic mass is 9.46. The number of aliphatic hydroxyl groups is 1. The molecule has 0 aromatic rings. The molecule has 2 rings (SSSR count). The first kappa shape index (κ1) is 20.4. The lowest BCUT2D eigenvalue weighted by Gasteiger charge is -2.59. The van der Waals surface area contributed by atoms with Crippen LogP contribution in [0, 0.1) is 28.6 Å². The molecule has 0 radical (unpaired) electrons. The second kappa shape index (κ2) is 7.36. The van der Waals surface area contributed by atoms with Gasteiger partial charge in [0.1, 0.15) is 12.6 Å². The molecule has 1 N–H and O–H groups in total. The van der Waals surface area contributed by atoms with Crippen molar-refractivity contribution in [3.63, 3.8) is 0 Å². The fraction of sp³-hybridized carbons (Fsp3) is 0.714. The van der Waals surface area contributed by atoms with Gasteiger partial charge in [-0.05, 0) is 60.8 Å². The fourth-order valence-electron chi connectivity index (χ4n) is 5.17. The van der Waals surface area contributed by atoms with Crippen molar-refractivity contribution in [3.05, 3.63) is 23.8 Å². The third-order valence-corrected chi connectivity index (χ3v) is 7.89. The van der Waals surface area contributed by atoms with Gasteiger partial charge in [-0.1, -0.05) is 39.0 Å². The minimum absolute atomic E-state index is 0.155. The van der Waals surface area contributed by atoms with Crippen LogP contribution in [0.3, 0.4) is 0 Å². The molecule has 7 atom stereocenters. The molecule has 3 nitrogen and oxygen atoms in total. The molecule has 25 heavy (non-hydrogen) atoms. The summed E-state index contributed by atoms with van der Waals surface area (Å²) < 4.78 is 0. The molecule has 0 saturated heterocycles. The van der Waals surface area contributed by atoms with E-state index in [1.807, 2.05) is 19.9 Å². The SMILES string of the molecule is C=C(C)C(C)CC[C@]1(C)[C@H]2CC=C(C=O)[C@@H](C=O)[C@]2(C)C[C@@H](O)[C@@H]1Cl. The molecule has 0 aliphatic heterocycles. The van der Waals surface area contributed by atoms with Crippen LogP contribution in [0.5, 0.6) is 0 Å². The molecule has 0 spiro atoms. The van der Waals surface area contributed by atoms with Crippen molar-refractivity contribution < 1.29 is 14.7 Å². The van der Waals surface area contributed by atoms with Gasteiger partial charge in [0.15, 0.2) is 0 Å². The van der Waals surface area contributed by atoms with Crippen LogP contribution in [0.4, 0.5) is 0 Å². The van der Waals surface area contributed by atoms with Crippen molar-refractivity contribution in [2.45, 2.75) is 64.9 Å².